The van der Waals surface area contributed by atoms with Gasteiger partial charge in [0.05, 0.1) is 34.0 Å². The van der Waals surface area contributed by atoms with Crippen LogP contribution in [0.2, 0.25) is 0 Å². The predicted octanol–water partition coefficient (Wildman–Crippen LogP) is 4.99. The van der Waals surface area contributed by atoms with Gasteiger partial charge in [-0.15, -0.1) is 6.42 Å². The van der Waals surface area contributed by atoms with Gasteiger partial charge in [-0.2, -0.15) is 0 Å². The van der Waals surface area contributed by atoms with Crippen LogP contribution >= 0.6 is 0 Å². The van der Waals surface area contributed by atoms with E-state index < -0.39 is 0 Å². The summed E-state index contributed by atoms with van der Waals surface area (Å²) in [4.78, 5) is 22.6. The fraction of sp³-hybridized carbons (Fsp3) is 0.138. The fourth-order valence-corrected chi connectivity index (χ4v) is 5.25. The highest BCUT2D eigenvalue weighted by Gasteiger charge is 2.28. The van der Waals surface area contributed by atoms with E-state index in [-0.39, 0.29) is 0 Å². The highest BCUT2D eigenvalue weighted by atomic mass is 16.5. The van der Waals surface area contributed by atoms with Gasteiger partial charge in [-0.1, -0.05) is 12.1 Å². The summed E-state index contributed by atoms with van der Waals surface area (Å²) in [7, 11) is 4.03. The van der Waals surface area contributed by atoms with E-state index in [0.717, 1.165) is 67.4 Å². The monoisotopic (exact) mass is 498 g/mol. The molecule has 0 saturated heterocycles. The Balaban J connectivity index is 1.46. The summed E-state index contributed by atoms with van der Waals surface area (Å²) in [5.41, 5.74) is 8.61. The van der Waals surface area contributed by atoms with Crippen molar-refractivity contribution in [1.82, 2.24) is 34.1 Å². The van der Waals surface area contributed by atoms with Crippen molar-refractivity contribution in [2.75, 3.05) is 5.32 Å². The molecule has 6 heterocycles. The molecule has 0 amide bonds. The van der Waals surface area contributed by atoms with Crippen molar-refractivity contribution in [1.29, 1.82) is 0 Å². The van der Waals surface area contributed by atoms with Crippen LogP contribution in [0.3, 0.4) is 0 Å². The molecule has 5 aromatic heterocycles. The van der Waals surface area contributed by atoms with Gasteiger partial charge in [0.25, 0.3) is 0 Å². The Bertz CT molecular complexity index is 1960. The molecule has 184 valence electrons. The van der Waals surface area contributed by atoms with E-state index in [1.54, 1.807) is 12.5 Å². The lowest BCUT2D eigenvalue weighted by atomic mass is 9.97. The molecule has 6 aromatic rings. The number of ether oxygens (including phenoxy) is 1. The lowest BCUT2D eigenvalue weighted by Crippen LogP contribution is -2.04. The molecule has 9 nitrogen and oxygen atoms in total. The van der Waals surface area contributed by atoms with Crippen LogP contribution in [-0.4, -0.2) is 34.1 Å². The summed E-state index contributed by atoms with van der Waals surface area (Å²) in [6.45, 7) is 2.53. The largest absolute Gasteiger partial charge is 0.439 e. The molecule has 38 heavy (non-hydrogen) atoms. The van der Waals surface area contributed by atoms with Crippen molar-refractivity contribution in [3.8, 4) is 46.5 Å². The van der Waals surface area contributed by atoms with Gasteiger partial charge < -0.3 is 19.2 Å². The van der Waals surface area contributed by atoms with E-state index in [2.05, 4.69) is 63.5 Å². The highest BCUT2D eigenvalue weighted by molar-refractivity contribution is 6.10. The van der Waals surface area contributed by atoms with Crippen LogP contribution in [0.1, 0.15) is 17.1 Å². The summed E-state index contributed by atoms with van der Waals surface area (Å²) in [5.74, 6) is 4.96. The third-order valence-electron chi connectivity index (χ3n) is 7.01. The average Bonchev–Trinajstić information content (AvgIpc) is 3.34. The van der Waals surface area contributed by atoms with Gasteiger partial charge in [0.2, 0.25) is 11.7 Å². The maximum absolute atomic E-state index is 6.11. The number of hydrogen-bond donors (Lipinski definition) is 1. The van der Waals surface area contributed by atoms with E-state index in [0.29, 0.717) is 18.2 Å². The first-order valence-corrected chi connectivity index (χ1v) is 12.1. The number of hydrogen-bond acceptors (Lipinski definition) is 7. The Kier molecular flexibility index (Phi) is 4.72. The number of benzene rings is 1. The third-order valence-corrected chi connectivity index (χ3v) is 7.01. The lowest BCUT2D eigenvalue weighted by molar-refractivity contribution is 0.461. The van der Waals surface area contributed by atoms with Gasteiger partial charge in [0.1, 0.15) is 23.5 Å². The zero-order valence-electron chi connectivity index (χ0n) is 21.0. The summed E-state index contributed by atoms with van der Waals surface area (Å²) in [6.07, 6.45) is 8.92. The molecule has 1 aromatic carbocycles. The first-order chi connectivity index (χ1) is 18.5. The number of anilines is 1. The second kappa shape index (κ2) is 8.15. The van der Waals surface area contributed by atoms with E-state index in [1.165, 1.54) is 0 Å². The van der Waals surface area contributed by atoms with Crippen LogP contribution in [0, 0.1) is 19.3 Å². The minimum absolute atomic E-state index is 0.364. The van der Waals surface area contributed by atoms with E-state index in [1.807, 2.05) is 45.3 Å². The Morgan fingerprint density at radius 1 is 1.03 bits per heavy atom. The van der Waals surface area contributed by atoms with E-state index in [4.69, 9.17) is 11.2 Å². The minimum Gasteiger partial charge on any atom is -0.439 e. The van der Waals surface area contributed by atoms with Crippen LogP contribution in [0.15, 0.2) is 55.0 Å². The molecule has 1 aliphatic rings. The molecule has 0 bridgehead atoms. The zero-order chi connectivity index (χ0) is 26.0. The second-order valence-corrected chi connectivity index (χ2v) is 9.29. The quantitative estimate of drug-likeness (QED) is 0.344. The number of pyridine rings is 1. The van der Waals surface area contributed by atoms with Gasteiger partial charge in [-0.3, -0.25) is 0 Å². The van der Waals surface area contributed by atoms with E-state index in [9.17, 15) is 0 Å². The van der Waals surface area contributed by atoms with Crippen LogP contribution in [0.4, 0.5) is 5.82 Å². The molecule has 0 saturated carbocycles. The first kappa shape index (κ1) is 22.0. The molecule has 0 unspecified atom stereocenters. The number of nitrogens with zero attached hydrogens (tertiary/aromatic N) is 7. The summed E-state index contributed by atoms with van der Waals surface area (Å²) in [6, 6.07) is 13.9. The van der Waals surface area contributed by atoms with Crippen LogP contribution in [-0.2, 0) is 20.6 Å². The summed E-state index contributed by atoms with van der Waals surface area (Å²) >= 11 is 0. The summed E-state index contributed by atoms with van der Waals surface area (Å²) in [5, 5.41) is 4.48. The topological polar surface area (TPSA) is 95.6 Å². The molecule has 0 fully saturated rings. The molecule has 1 aliphatic heterocycles. The Hall–Kier alpha value is -5.23. The number of fused-ring (bicyclic) bond motifs is 3. The fourth-order valence-electron chi connectivity index (χ4n) is 5.25. The minimum atomic E-state index is 0.364. The van der Waals surface area contributed by atoms with Crippen molar-refractivity contribution in [3.63, 3.8) is 0 Å². The number of aromatic nitrogens is 7. The van der Waals surface area contributed by atoms with Crippen molar-refractivity contribution in [2.24, 2.45) is 14.1 Å². The molecule has 9 heteroatoms. The molecule has 0 spiro atoms. The Labute approximate surface area is 218 Å². The third kappa shape index (κ3) is 3.24. The van der Waals surface area contributed by atoms with Gasteiger partial charge in [0, 0.05) is 38.0 Å². The molecule has 0 aliphatic carbocycles. The number of nitrogens with one attached hydrogen (secondary N) is 1. The molecule has 0 atom stereocenters. The molecule has 0 radical (unpaired) electrons. The maximum atomic E-state index is 6.11. The van der Waals surface area contributed by atoms with Gasteiger partial charge in [-0.25, -0.2) is 24.9 Å². The number of terminal acetylenes is 1. The van der Waals surface area contributed by atoms with Crippen molar-refractivity contribution in [3.05, 3.63) is 72.1 Å². The molecule has 7 rings (SSSR count). The standard InChI is InChI=1S/C29H22N8O/c1-5-23-30-14-22-20(35-23)12-21(36(22)3)27-25-19-10-9-18(38-24-8-6-7-16(2)34-24)11-17(19)13-31-28-26(25)29(37(27)4)33-15-32-28/h1,6-12,14-15H,13H2,2-4H3,(H,31,32,33). The second-order valence-electron chi connectivity index (χ2n) is 9.29. The van der Waals surface area contributed by atoms with E-state index >= 15 is 0 Å². The molecular formula is C29H22N8O. The van der Waals surface area contributed by atoms with Crippen molar-refractivity contribution in [2.45, 2.75) is 13.5 Å². The Morgan fingerprint density at radius 2 is 1.92 bits per heavy atom. The molecule has 1 N–H and O–H groups in total. The van der Waals surface area contributed by atoms with Gasteiger partial charge in [-0.05, 0) is 48.2 Å². The van der Waals surface area contributed by atoms with Crippen LogP contribution in [0.25, 0.3) is 44.6 Å². The van der Waals surface area contributed by atoms with Crippen LogP contribution in [0.5, 0.6) is 11.6 Å². The van der Waals surface area contributed by atoms with Gasteiger partial charge >= 0.3 is 0 Å². The summed E-state index contributed by atoms with van der Waals surface area (Å²) < 4.78 is 10.3. The molecular weight excluding hydrogens is 476 g/mol. The average molecular weight is 499 g/mol. The SMILES string of the molecule is C#Cc1ncc2c(cc(-c3c4c5c(ncnc5n3C)NCc3cc(Oc5cccc(C)n5)ccc3-4)n2C)n1. The van der Waals surface area contributed by atoms with Crippen molar-refractivity contribution >= 4 is 27.9 Å². The number of rotatable bonds is 3. The van der Waals surface area contributed by atoms with Crippen LogP contribution < -0.4 is 10.1 Å². The Morgan fingerprint density at radius 3 is 2.76 bits per heavy atom. The zero-order valence-corrected chi connectivity index (χ0v) is 21.0. The highest BCUT2D eigenvalue weighted by Crippen LogP contribution is 2.46. The predicted molar refractivity (Wildman–Crippen MR) is 146 cm³/mol. The van der Waals surface area contributed by atoms with Gasteiger partial charge in [0.15, 0.2) is 0 Å². The van der Waals surface area contributed by atoms with Crippen molar-refractivity contribution < 1.29 is 4.74 Å². The lowest BCUT2D eigenvalue weighted by Gasteiger charge is -2.14. The maximum Gasteiger partial charge on any atom is 0.219 e. The smallest absolute Gasteiger partial charge is 0.219 e. The number of aryl methyl sites for hydroxylation is 3. The normalized spacial score (nSPS) is 12.2. The first-order valence-electron chi connectivity index (χ1n) is 12.1.